The van der Waals surface area contributed by atoms with Gasteiger partial charge >= 0.3 is 0 Å². The highest BCUT2D eigenvalue weighted by Gasteiger charge is 2.47. The molecule has 4 heterocycles. The Balaban J connectivity index is 1.40. The summed E-state index contributed by atoms with van der Waals surface area (Å²) in [5, 5.41) is 16.1. The summed E-state index contributed by atoms with van der Waals surface area (Å²) in [4.78, 5) is 41.4. The molecule has 1 aromatic heterocycles. The molecule has 3 aliphatic rings. The van der Waals surface area contributed by atoms with Crippen LogP contribution in [0, 0.1) is 17.2 Å². The Morgan fingerprint density at radius 3 is 2.94 bits per heavy atom. The third-order valence-corrected chi connectivity index (χ3v) is 6.77. The Bertz CT molecular complexity index is 939. The number of nitrogens with zero attached hydrogens (tertiary/aromatic N) is 5. The minimum atomic E-state index is -0.234. The number of carbonyl (C=O) groups is 3. The summed E-state index contributed by atoms with van der Waals surface area (Å²) in [5.74, 6) is -0.233. The van der Waals surface area contributed by atoms with Crippen molar-refractivity contribution in [2.45, 2.75) is 57.3 Å². The molecule has 0 saturated carbocycles. The van der Waals surface area contributed by atoms with Gasteiger partial charge in [-0.25, -0.2) is 4.68 Å². The number of amides is 3. The molecule has 11 nitrogen and oxygen atoms in total. The first kappa shape index (κ1) is 22.1. The number of carbonyl (C=O) groups excluding carboxylic acids is 3. The molecule has 172 valence electrons. The van der Waals surface area contributed by atoms with Gasteiger partial charge in [0.25, 0.3) is 0 Å². The van der Waals surface area contributed by atoms with E-state index in [1.807, 2.05) is 13.0 Å². The van der Waals surface area contributed by atoms with E-state index < -0.39 is 0 Å². The van der Waals surface area contributed by atoms with Gasteiger partial charge in [-0.15, -0.1) is 0 Å². The molecule has 32 heavy (non-hydrogen) atoms. The average Bonchev–Trinajstić information content (AvgIpc) is 3.47. The summed E-state index contributed by atoms with van der Waals surface area (Å²) >= 11 is 0. The second-order valence-corrected chi connectivity index (χ2v) is 8.58. The molecule has 1 aromatic rings. The van der Waals surface area contributed by atoms with E-state index in [9.17, 15) is 14.4 Å². The highest BCUT2D eigenvalue weighted by molar-refractivity contribution is 5.84. The fourth-order valence-corrected chi connectivity index (χ4v) is 5.02. The Labute approximate surface area is 186 Å². The van der Waals surface area contributed by atoms with Crippen LogP contribution in [0.25, 0.3) is 0 Å². The van der Waals surface area contributed by atoms with E-state index in [4.69, 9.17) is 15.7 Å². The highest BCUT2D eigenvalue weighted by Crippen LogP contribution is 2.34. The average molecular weight is 444 g/mol. The molecule has 0 spiro atoms. The quantitative estimate of drug-likeness (QED) is 0.601. The molecule has 4 rings (SSSR count). The Morgan fingerprint density at radius 1 is 1.41 bits per heavy atom. The summed E-state index contributed by atoms with van der Waals surface area (Å²) < 4.78 is 7.14. The van der Waals surface area contributed by atoms with Gasteiger partial charge in [-0.2, -0.15) is 10.4 Å². The maximum absolute atomic E-state index is 13.2. The van der Waals surface area contributed by atoms with Crippen LogP contribution in [0.3, 0.4) is 0 Å². The number of ether oxygens (including phenoxy) is 1. The number of nitrogen functional groups attached to an aromatic ring is 1. The number of nitriles is 1. The molecule has 4 atom stereocenters. The number of nitrogens with two attached hydrogens (primary N) is 1. The zero-order valence-corrected chi connectivity index (χ0v) is 18.2. The minimum absolute atomic E-state index is 0.0421. The van der Waals surface area contributed by atoms with E-state index in [1.54, 1.807) is 9.80 Å². The van der Waals surface area contributed by atoms with Crippen molar-refractivity contribution in [1.29, 1.82) is 5.26 Å². The van der Waals surface area contributed by atoms with Crippen molar-refractivity contribution in [2.24, 2.45) is 5.92 Å². The summed E-state index contributed by atoms with van der Waals surface area (Å²) in [6, 6.07) is 1.72. The van der Waals surface area contributed by atoms with E-state index in [2.05, 4.69) is 10.4 Å². The molecule has 3 aliphatic heterocycles. The number of piperidine rings is 1. The molecule has 3 saturated heterocycles. The van der Waals surface area contributed by atoms with Crippen molar-refractivity contribution >= 4 is 23.5 Å². The molecule has 0 bridgehead atoms. The van der Waals surface area contributed by atoms with Gasteiger partial charge in [0.1, 0.15) is 24.0 Å². The highest BCUT2D eigenvalue weighted by atomic mass is 16.5. The largest absolute Gasteiger partial charge is 0.383 e. The van der Waals surface area contributed by atoms with Crippen molar-refractivity contribution < 1.29 is 19.1 Å². The van der Waals surface area contributed by atoms with Crippen LogP contribution in [-0.4, -0.2) is 81.7 Å². The Hall–Kier alpha value is -3.13. The summed E-state index contributed by atoms with van der Waals surface area (Å²) in [6.45, 7) is 3.79. The first-order valence-corrected chi connectivity index (χ1v) is 11.1. The zero-order chi connectivity index (χ0) is 22.8. The maximum Gasteiger partial charge on any atom is 0.245 e. The molecular weight excluding hydrogens is 414 g/mol. The standard InChI is InChI=1S/C21H29N7O4/c1-2-26-11-13(3-4-18(26)29)21(31)24-10-15-7-17-16(5-6-32-17)28(15)19(30)12-27-20(23)14(8-22)9-25-27/h9,13,15-17H,2-7,10-12,23H2,1H3,(H,24,31). The van der Waals surface area contributed by atoms with Crippen LogP contribution in [0.2, 0.25) is 0 Å². The van der Waals surface area contributed by atoms with Crippen LogP contribution in [0.4, 0.5) is 5.82 Å². The molecule has 0 aliphatic carbocycles. The van der Waals surface area contributed by atoms with Crippen molar-refractivity contribution in [3.63, 3.8) is 0 Å². The smallest absolute Gasteiger partial charge is 0.245 e. The Kier molecular flexibility index (Phi) is 6.32. The van der Waals surface area contributed by atoms with Crippen molar-refractivity contribution in [1.82, 2.24) is 24.9 Å². The predicted molar refractivity (Wildman–Crippen MR) is 113 cm³/mol. The minimum Gasteiger partial charge on any atom is -0.383 e. The van der Waals surface area contributed by atoms with E-state index in [0.717, 1.165) is 6.42 Å². The number of hydrogen-bond donors (Lipinski definition) is 2. The van der Waals surface area contributed by atoms with Gasteiger partial charge < -0.3 is 25.6 Å². The van der Waals surface area contributed by atoms with Gasteiger partial charge in [0.2, 0.25) is 17.7 Å². The third-order valence-electron chi connectivity index (χ3n) is 6.77. The Morgan fingerprint density at radius 2 is 2.22 bits per heavy atom. The van der Waals surface area contributed by atoms with Gasteiger partial charge in [0.05, 0.1) is 30.3 Å². The van der Waals surface area contributed by atoms with Crippen LogP contribution in [0.5, 0.6) is 0 Å². The van der Waals surface area contributed by atoms with E-state index in [0.29, 0.717) is 45.5 Å². The maximum atomic E-state index is 13.2. The van der Waals surface area contributed by atoms with Crippen LogP contribution in [-0.2, 0) is 25.7 Å². The lowest BCUT2D eigenvalue weighted by Crippen LogP contribution is -2.50. The van der Waals surface area contributed by atoms with Gasteiger partial charge in [0.15, 0.2) is 0 Å². The summed E-state index contributed by atoms with van der Waals surface area (Å²) in [7, 11) is 0. The number of hydrogen-bond acceptors (Lipinski definition) is 7. The monoisotopic (exact) mass is 443 g/mol. The third kappa shape index (κ3) is 4.14. The topological polar surface area (TPSA) is 147 Å². The number of rotatable bonds is 6. The molecule has 4 unspecified atom stereocenters. The normalized spacial score (nSPS) is 27.3. The molecule has 0 aromatic carbocycles. The van der Waals surface area contributed by atoms with Crippen LogP contribution >= 0.6 is 0 Å². The molecule has 11 heteroatoms. The van der Waals surface area contributed by atoms with E-state index >= 15 is 0 Å². The number of anilines is 1. The van der Waals surface area contributed by atoms with Crippen molar-refractivity contribution in [3.05, 3.63) is 11.8 Å². The van der Waals surface area contributed by atoms with Crippen molar-refractivity contribution in [3.8, 4) is 6.07 Å². The number of nitrogens with one attached hydrogen (secondary N) is 1. The lowest BCUT2D eigenvalue weighted by Gasteiger charge is -2.32. The molecule has 0 radical (unpaired) electrons. The second-order valence-electron chi connectivity index (χ2n) is 8.58. The fourth-order valence-electron chi connectivity index (χ4n) is 5.02. The second kappa shape index (κ2) is 9.16. The first-order chi connectivity index (χ1) is 15.4. The number of fused-ring (bicyclic) bond motifs is 1. The van der Waals surface area contributed by atoms with Gasteiger partial charge in [-0.3, -0.25) is 14.4 Å². The van der Waals surface area contributed by atoms with Crippen LogP contribution in [0.15, 0.2) is 6.20 Å². The summed E-state index contributed by atoms with van der Waals surface area (Å²) in [5.41, 5.74) is 6.15. The lowest BCUT2D eigenvalue weighted by atomic mass is 9.96. The van der Waals surface area contributed by atoms with Gasteiger partial charge in [-0.05, 0) is 26.2 Å². The fraction of sp³-hybridized carbons (Fsp3) is 0.667. The lowest BCUT2D eigenvalue weighted by molar-refractivity contribution is -0.139. The number of aromatic nitrogens is 2. The SMILES string of the molecule is CCN1CC(C(=O)NCC2CC3OCCC3N2C(=O)Cn2ncc(C#N)c2N)CCC1=O. The number of likely N-dealkylation sites (tertiary alicyclic amines) is 2. The van der Waals surface area contributed by atoms with Crippen LogP contribution < -0.4 is 11.1 Å². The molecule has 3 N–H and O–H groups in total. The summed E-state index contributed by atoms with van der Waals surface area (Å²) in [6.07, 6.45) is 3.62. The predicted octanol–water partition coefficient (Wildman–Crippen LogP) is -0.530. The zero-order valence-electron chi connectivity index (χ0n) is 18.2. The van der Waals surface area contributed by atoms with E-state index in [-0.39, 0.29) is 59.8 Å². The van der Waals surface area contributed by atoms with Crippen LogP contribution in [0.1, 0.15) is 38.2 Å². The van der Waals surface area contributed by atoms with Gasteiger partial charge in [0, 0.05) is 32.7 Å². The van der Waals surface area contributed by atoms with E-state index in [1.165, 1.54) is 10.9 Å². The molecule has 3 amide bonds. The molecule has 3 fully saturated rings. The van der Waals surface area contributed by atoms with Gasteiger partial charge in [-0.1, -0.05) is 0 Å². The van der Waals surface area contributed by atoms with Crippen molar-refractivity contribution in [2.75, 3.05) is 32.0 Å². The molecular formula is C21H29N7O4. The first-order valence-electron chi connectivity index (χ1n) is 11.1.